The molecule has 100 valence electrons. The largest absolute Gasteiger partial charge is 0.398 e. The fourth-order valence-electron chi connectivity index (χ4n) is 1.87. The molecule has 2 N–H and O–H groups in total. The third-order valence-electron chi connectivity index (χ3n) is 2.83. The normalized spacial score (nSPS) is 10.8. The maximum atomic E-state index is 10.7. The van der Waals surface area contributed by atoms with Crippen molar-refractivity contribution in [3.8, 4) is 10.6 Å². The van der Waals surface area contributed by atoms with Crippen molar-refractivity contribution >= 4 is 44.5 Å². The average molecular weight is 306 g/mol. The van der Waals surface area contributed by atoms with Crippen molar-refractivity contribution in [1.29, 1.82) is 0 Å². The number of thiazole rings is 1. The van der Waals surface area contributed by atoms with Crippen LogP contribution in [-0.4, -0.2) is 9.91 Å². The molecule has 0 saturated carbocycles. The number of non-ortho nitro benzene ring substituents is 1. The third kappa shape index (κ3) is 2.19. The van der Waals surface area contributed by atoms with Gasteiger partial charge in [-0.2, -0.15) is 0 Å². The molecule has 0 amide bonds. The summed E-state index contributed by atoms with van der Waals surface area (Å²) in [5.41, 5.74) is 7.70. The Kier molecular flexibility index (Phi) is 3.04. The number of hydrogen-bond donors (Lipinski definition) is 1. The smallest absolute Gasteiger partial charge is 0.271 e. The van der Waals surface area contributed by atoms with Gasteiger partial charge in [-0.3, -0.25) is 10.1 Å². The molecule has 0 fully saturated rings. The minimum absolute atomic E-state index is 0.0320. The molecule has 0 aliphatic rings. The zero-order valence-electron chi connectivity index (χ0n) is 10.0. The van der Waals surface area contributed by atoms with Crippen LogP contribution in [0.2, 0.25) is 5.02 Å². The second kappa shape index (κ2) is 4.73. The summed E-state index contributed by atoms with van der Waals surface area (Å²) in [7, 11) is 0. The van der Waals surface area contributed by atoms with E-state index in [2.05, 4.69) is 4.98 Å². The Morgan fingerprint density at radius 3 is 2.75 bits per heavy atom. The van der Waals surface area contributed by atoms with Crippen molar-refractivity contribution in [2.75, 3.05) is 5.73 Å². The fourth-order valence-corrected chi connectivity index (χ4v) is 3.16. The summed E-state index contributed by atoms with van der Waals surface area (Å²) in [6, 6.07) is 9.82. The summed E-state index contributed by atoms with van der Waals surface area (Å²) in [5.74, 6) is 0. The maximum Gasteiger partial charge on any atom is 0.271 e. The molecule has 1 aromatic heterocycles. The lowest BCUT2D eigenvalue weighted by Crippen LogP contribution is -1.93. The predicted molar refractivity (Wildman–Crippen MR) is 81.1 cm³/mol. The van der Waals surface area contributed by atoms with E-state index >= 15 is 0 Å². The SMILES string of the molecule is Nc1cc([N+](=O)[O-])ccc1-c1nc2ccc(Cl)cc2s1. The summed E-state index contributed by atoms with van der Waals surface area (Å²) in [6.45, 7) is 0. The molecule has 7 heteroatoms. The van der Waals surface area contributed by atoms with Gasteiger partial charge in [0, 0.05) is 28.4 Å². The molecule has 0 aliphatic heterocycles. The van der Waals surface area contributed by atoms with Gasteiger partial charge in [-0.1, -0.05) is 11.6 Å². The molecule has 0 atom stereocenters. The second-order valence-corrected chi connectivity index (χ2v) is 5.63. The summed E-state index contributed by atoms with van der Waals surface area (Å²) >= 11 is 7.39. The molecule has 3 rings (SSSR count). The third-order valence-corrected chi connectivity index (χ3v) is 4.11. The van der Waals surface area contributed by atoms with Crippen LogP contribution in [0, 0.1) is 10.1 Å². The van der Waals surface area contributed by atoms with E-state index in [0.717, 1.165) is 15.2 Å². The summed E-state index contributed by atoms with van der Waals surface area (Å²) in [5, 5.41) is 12.1. The summed E-state index contributed by atoms with van der Waals surface area (Å²) in [6.07, 6.45) is 0. The van der Waals surface area contributed by atoms with Crippen LogP contribution in [0.15, 0.2) is 36.4 Å². The highest BCUT2D eigenvalue weighted by Gasteiger charge is 2.13. The molecule has 3 aromatic rings. The van der Waals surface area contributed by atoms with Crippen molar-refractivity contribution in [3.05, 3.63) is 51.5 Å². The number of hydrogen-bond acceptors (Lipinski definition) is 5. The van der Waals surface area contributed by atoms with E-state index in [4.69, 9.17) is 17.3 Å². The van der Waals surface area contributed by atoms with Gasteiger partial charge in [-0.05, 0) is 24.3 Å². The lowest BCUT2D eigenvalue weighted by atomic mass is 10.1. The molecule has 5 nitrogen and oxygen atoms in total. The molecule has 0 saturated heterocycles. The number of anilines is 1. The number of aromatic nitrogens is 1. The van der Waals surface area contributed by atoms with Crippen LogP contribution in [0.1, 0.15) is 0 Å². The van der Waals surface area contributed by atoms with Gasteiger partial charge in [0.1, 0.15) is 5.01 Å². The van der Waals surface area contributed by atoms with Crippen LogP contribution < -0.4 is 5.73 Å². The van der Waals surface area contributed by atoms with Crippen molar-refractivity contribution in [1.82, 2.24) is 4.98 Å². The van der Waals surface area contributed by atoms with Gasteiger partial charge in [-0.15, -0.1) is 11.3 Å². The van der Waals surface area contributed by atoms with E-state index in [1.807, 2.05) is 12.1 Å². The number of nitrogens with zero attached hydrogens (tertiary/aromatic N) is 2. The molecular formula is C13H8ClN3O2S. The van der Waals surface area contributed by atoms with E-state index in [1.165, 1.54) is 23.5 Å². The Balaban J connectivity index is 2.13. The first-order valence-corrected chi connectivity index (χ1v) is 6.84. The van der Waals surface area contributed by atoms with E-state index < -0.39 is 4.92 Å². The minimum atomic E-state index is -0.474. The molecule has 0 spiro atoms. The number of benzene rings is 2. The number of nitro benzene ring substituents is 1. The van der Waals surface area contributed by atoms with Crippen molar-refractivity contribution in [2.45, 2.75) is 0 Å². The summed E-state index contributed by atoms with van der Waals surface area (Å²) in [4.78, 5) is 14.7. The van der Waals surface area contributed by atoms with Gasteiger partial charge in [-0.25, -0.2) is 4.98 Å². The van der Waals surface area contributed by atoms with Crippen LogP contribution >= 0.6 is 22.9 Å². The monoisotopic (exact) mass is 305 g/mol. The van der Waals surface area contributed by atoms with Gasteiger partial charge >= 0.3 is 0 Å². The van der Waals surface area contributed by atoms with Crippen molar-refractivity contribution in [3.63, 3.8) is 0 Å². The van der Waals surface area contributed by atoms with E-state index in [9.17, 15) is 10.1 Å². The first-order valence-electron chi connectivity index (χ1n) is 5.65. The standard InChI is InChI=1S/C13H8ClN3O2S/c14-7-1-4-11-12(5-7)20-13(16-11)9-3-2-8(17(18)19)6-10(9)15/h1-6H,15H2. The fraction of sp³-hybridized carbons (Fsp3) is 0. The molecule has 0 unspecified atom stereocenters. The Morgan fingerprint density at radius 1 is 1.25 bits per heavy atom. The maximum absolute atomic E-state index is 10.7. The Labute approximate surface area is 122 Å². The van der Waals surface area contributed by atoms with E-state index in [-0.39, 0.29) is 5.69 Å². The minimum Gasteiger partial charge on any atom is -0.398 e. The molecule has 2 aromatic carbocycles. The molecule has 20 heavy (non-hydrogen) atoms. The molecule has 0 radical (unpaired) electrons. The molecule has 0 aliphatic carbocycles. The van der Waals surface area contributed by atoms with Crippen LogP contribution in [0.3, 0.4) is 0 Å². The predicted octanol–water partition coefficient (Wildman–Crippen LogP) is 4.11. The zero-order valence-corrected chi connectivity index (χ0v) is 11.6. The first-order chi connectivity index (χ1) is 9.54. The van der Waals surface area contributed by atoms with Gasteiger partial charge in [0.15, 0.2) is 0 Å². The lowest BCUT2D eigenvalue weighted by Gasteiger charge is -2.01. The highest BCUT2D eigenvalue weighted by molar-refractivity contribution is 7.21. The topological polar surface area (TPSA) is 82.0 Å². The van der Waals surface area contributed by atoms with Crippen molar-refractivity contribution < 1.29 is 4.92 Å². The quantitative estimate of drug-likeness (QED) is 0.439. The number of halogens is 1. The number of nitrogens with two attached hydrogens (primary N) is 1. The van der Waals surface area contributed by atoms with Gasteiger partial charge in [0.2, 0.25) is 0 Å². The number of nitro groups is 1. The van der Waals surface area contributed by atoms with Crippen LogP contribution in [-0.2, 0) is 0 Å². The lowest BCUT2D eigenvalue weighted by molar-refractivity contribution is -0.384. The second-order valence-electron chi connectivity index (χ2n) is 4.16. The van der Waals surface area contributed by atoms with Crippen molar-refractivity contribution in [2.24, 2.45) is 0 Å². The first kappa shape index (κ1) is 12.8. The molecular weight excluding hydrogens is 298 g/mol. The Morgan fingerprint density at radius 2 is 2.05 bits per heavy atom. The Bertz CT molecular complexity index is 832. The average Bonchev–Trinajstić information content (AvgIpc) is 2.80. The highest BCUT2D eigenvalue weighted by Crippen LogP contribution is 2.35. The summed E-state index contributed by atoms with van der Waals surface area (Å²) < 4.78 is 0.949. The molecule has 0 bridgehead atoms. The van der Waals surface area contributed by atoms with Gasteiger partial charge in [0.05, 0.1) is 15.1 Å². The molecule has 1 heterocycles. The highest BCUT2D eigenvalue weighted by atomic mass is 35.5. The van der Waals surface area contributed by atoms with E-state index in [0.29, 0.717) is 16.3 Å². The van der Waals surface area contributed by atoms with Crippen LogP contribution in [0.25, 0.3) is 20.8 Å². The van der Waals surface area contributed by atoms with E-state index in [1.54, 1.807) is 12.1 Å². The van der Waals surface area contributed by atoms with Gasteiger partial charge < -0.3 is 5.73 Å². The van der Waals surface area contributed by atoms with Crippen LogP contribution in [0.4, 0.5) is 11.4 Å². The number of nitrogen functional groups attached to an aromatic ring is 1. The zero-order chi connectivity index (χ0) is 14.3. The number of fused-ring (bicyclic) bond motifs is 1. The van der Waals surface area contributed by atoms with Gasteiger partial charge in [0.25, 0.3) is 5.69 Å². The number of rotatable bonds is 2. The Hall–Kier alpha value is -2.18. The van der Waals surface area contributed by atoms with Crippen LogP contribution in [0.5, 0.6) is 0 Å².